The highest BCUT2D eigenvalue weighted by Crippen LogP contribution is 2.24. The standard InChI is InChI=1S/C15H22N4O3S2/c1-22-14(21)11-9-18(7-8-23-11)13(20)10-24-15-17-16-12-5-3-2-4-6-19(12)15/h11H,2-10H2,1H3/t11-/m1/s1. The van der Waals surface area contributed by atoms with Crippen LogP contribution < -0.4 is 0 Å². The molecule has 3 heterocycles. The van der Waals surface area contributed by atoms with Crippen molar-refractivity contribution >= 4 is 35.4 Å². The summed E-state index contributed by atoms with van der Waals surface area (Å²) >= 11 is 3.00. The Morgan fingerprint density at radius 1 is 1.29 bits per heavy atom. The van der Waals surface area contributed by atoms with Crippen LogP contribution in [0.5, 0.6) is 0 Å². The average molecular weight is 371 g/mol. The molecule has 1 atom stereocenters. The lowest BCUT2D eigenvalue weighted by molar-refractivity contribution is -0.141. The van der Waals surface area contributed by atoms with E-state index < -0.39 is 0 Å². The number of methoxy groups -OCH3 is 1. The van der Waals surface area contributed by atoms with Crippen LogP contribution in [0.25, 0.3) is 0 Å². The molecule has 0 radical (unpaired) electrons. The molecule has 0 saturated carbocycles. The number of esters is 1. The average Bonchev–Trinajstić information content (AvgIpc) is 2.85. The Balaban J connectivity index is 1.56. The van der Waals surface area contributed by atoms with Crippen LogP contribution in [0.4, 0.5) is 0 Å². The molecule has 0 N–H and O–H groups in total. The number of hydrogen-bond donors (Lipinski definition) is 0. The van der Waals surface area contributed by atoms with E-state index >= 15 is 0 Å². The molecule has 3 rings (SSSR count). The molecule has 1 saturated heterocycles. The van der Waals surface area contributed by atoms with Crippen molar-refractivity contribution < 1.29 is 14.3 Å². The van der Waals surface area contributed by atoms with Crippen molar-refractivity contribution in [3.63, 3.8) is 0 Å². The molecule has 0 bridgehead atoms. The van der Waals surface area contributed by atoms with E-state index in [1.807, 2.05) is 0 Å². The van der Waals surface area contributed by atoms with E-state index in [9.17, 15) is 9.59 Å². The van der Waals surface area contributed by atoms with Crippen LogP contribution >= 0.6 is 23.5 Å². The van der Waals surface area contributed by atoms with E-state index in [1.54, 1.807) is 16.7 Å². The molecular formula is C15H22N4O3S2. The second-order valence-electron chi connectivity index (χ2n) is 5.87. The van der Waals surface area contributed by atoms with Crippen LogP contribution in [0.15, 0.2) is 5.16 Å². The number of thioether (sulfide) groups is 2. The van der Waals surface area contributed by atoms with Gasteiger partial charge in [0.15, 0.2) is 5.16 Å². The number of carbonyl (C=O) groups excluding carboxylic acids is 2. The molecule has 0 aliphatic carbocycles. The molecule has 9 heteroatoms. The first-order valence-corrected chi connectivity index (χ1v) is 10.2. The molecule has 1 aromatic heterocycles. The van der Waals surface area contributed by atoms with E-state index in [1.165, 1.54) is 25.3 Å². The topological polar surface area (TPSA) is 77.3 Å². The maximum atomic E-state index is 12.5. The third-order valence-corrected chi connectivity index (χ3v) is 6.40. The zero-order valence-corrected chi connectivity index (χ0v) is 15.4. The van der Waals surface area contributed by atoms with E-state index in [2.05, 4.69) is 14.8 Å². The highest BCUT2D eigenvalue weighted by Gasteiger charge is 2.29. The minimum atomic E-state index is -0.276. The predicted molar refractivity (Wildman–Crippen MR) is 93.1 cm³/mol. The number of fused-ring (bicyclic) bond motifs is 1. The zero-order valence-electron chi connectivity index (χ0n) is 13.8. The second kappa shape index (κ2) is 8.24. The third-order valence-electron chi connectivity index (χ3n) is 4.28. The van der Waals surface area contributed by atoms with Crippen molar-refractivity contribution in [2.45, 2.75) is 42.6 Å². The van der Waals surface area contributed by atoms with Gasteiger partial charge in [0.2, 0.25) is 5.91 Å². The van der Waals surface area contributed by atoms with E-state index in [-0.39, 0.29) is 17.1 Å². The van der Waals surface area contributed by atoms with Crippen LogP contribution in [-0.4, -0.2) is 68.5 Å². The molecule has 1 amide bonds. The normalized spacial score (nSPS) is 21.0. The minimum absolute atomic E-state index is 0.0418. The molecular weight excluding hydrogens is 348 g/mol. The largest absolute Gasteiger partial charge is 0.468 e. The Hall–Kier alpha value is -1.22. The van der Waals surface area contributed by atoms with Gasteiger partial charge in [-0.3, -0.25) is 9.59 Å². The smallest absolute Gasteiger partial charge is 0.320 e. The zero-order chi connectivity index (χ0) is 16.9. The molecule has 1 fully saturated rings. The summed E-state index contributed by atoms with van der Waals surface area (Å²) in [5.41, 5.74) is 0. The molecule has 2 aliphatic rings. The lowest BCUT2D eigenvalue weighted by atomic mass is 10.2. The van der Waals surface area contributed by atoms with Crippen molar-refractivity contribution in [1.29, 1.82) is 0 Å². The molecule has 132 valence electrons. The fraction of sp³-hybridized carbons (Fsp3) is 0.733. The fourth-order valence-corrected chi connectivity index (χ4v) is 4.95. The van der Waals surface area contributed by atoms with Gasteiger partial charge in [-0.2, -0.15) is 0 Å². The number of aryl methyl sites for hydroxylation is 1. The fourth-order valence-electron chi connectivity index (χ4n) is 2.93. The maximum absolute atomic E-state index is 12.5. The van der Waals surface area contributed by atoms with Gasteiger partial charge in [-0.15, -0.1) is 22.0 Å². The molecule has 0 spiro atoms. The van der Waals surface area contributed by atoms with E-state index in [4.69, 9.17) is 4.74 Å². The number of carbonyl (C=O) groups is 2. The van der Waals surface area contributed by atoms with Gasteiger partial charge in [-0.1, -0.05) is 18.2 Å². The number of aromatic nitrogens is 3. The Kier molecular flexibility index (Phi) is 6.04. The molecule has 7 nitrogen and oxygen atoms in total. The van der Waals surface area contributed by atoms with Crippen LogP contribution in [0.2, 0.25) is 0 Å². The first kappa shape index (κ1) is 17.6. The Morgan fingerprint density at radius 2 is 2.17 bits per heavy atom. The second-order valence-corrected chi connectivity index (χ2v) is 8.13. The summed E-state index contributed by atoms with van der Waals surface area (Å²) in [5, 5.41) is 9.05. The number of rotatable bonds is 4. The van der Waals surface area contributed by atoms with Crippen molar-refractivity contribution in [3.8, 4) is 0 Å². The van der Waals surface area contributed by atoms with Gasteiger partial charge in [0.05, 0.1) is 12.9 Å². The van der Waals surface area contributed by atoms with Crippen LogP contribution in [0.1, 0.15) is 25.1 Å². The summed E-state index contributed by atoms with van der Waals surface area (Å²) in [5.74, 6) is 1.91. The van der Waals surface area contributed by atoms with Crippen molar-refractivity contribution in [2.75, 3.05) is 31.7 Å². The van der Waals surface area contributed by atoms with E-state index in [0.29, 0.717) is 18.8 Å². The lowest BCUT2D eigenvalue weighted by Crippen LogP contribution is -2.45. The van der Waals surface area contributed by atoms with Gasteiger partial charge in [0, 0.05) is 31.8 Å². The Labute approximate surface area is 149 Å². The maximum Gasteiger partial charge on any atom is 0.320 e. The van der Waals surface area contributed by atoms with Gasteiger partial charge in [-0.05, 0) is 12.8 Å². The summed E-state index contributed by atoms with van der Waals surface area (Å²) in [4.78, 5) is 25.9. The van der Waals surface area contributed by atoms with Gasteiger partial charge < -0.3 is 14.2 Å². The van der Waals surface area contributed by atoms with Gasteiger partial charge in [-0.25, -0.2) is 0 Å². The molecule has 0 aromatic carbocycles. The SMILES string of the molecule is COC(=O)[C@H]1CN(C(=O)CSc2nnc3n2CCCCC3)CCS1. The van der Waals surface area contributed by atoms with Crippen molar-refractivity contribution in [3.05, 3.63) is 5.82 Å². The Bertz CT molecular complexity index is 608. The summed E-state index contributed by atoms with van der Waals surface area (Å²) < 4.78 is 6.93. The summed E-state index contributed by atoms with van der Waals surface area (Å²) in [7, 11) is 1.39. The Morgan fingerprint density at radius 3 is 3.00 bits per heavy atom. The summed E-state index contributed by atoms with van der Waals surface area (Å²) in [6.45, 7) is 2.04. The number of ether oxygens (including phenoxy) is 1. The molecule has 1 aromatic rings. The number of amides is 1. The number of hydrogen-bond acceptors (Lipinski definition) is 7. The third kappa shape index (κ3) is 4.05. The van der Waals surface area contributed by atoms with Gasteiger partial charge in [0.25, 0.3) is 0 Å². The van der Waals surface area contributed by atoms with Crippen LogP contribution in [0, 0.1) is 0 Å². The van der Waals surface area contributed by atoms with E-state index in [0.717, 1.165) is 42.5 Å². The summed E-state index contributed by atoms with van der Waals surface area (Å²) in [6.07, 6.45) is 4.47. The van der Waals surface area contributed by atoms with Crippen molar-refractivity contribution in [2.24, 2.45) is 0 Å². The predicted octanol–water partition coefficient (Wildman–Crippen LogP) is 1.21. The molecule has 24 heavy (non-hydrogen) atoms. The highest BCUT2D eigenvalue weighted by molar-refractivity contribution is 8.00. The highest BCUT2D eigenvalue weighted by atomic mass is 32.2. The first-order valence-electron chi connectivity index (χ1n) is 8.21. The molecule has 0 unspecified atom stereocenters. The first-order chi connectivity index (χ1) is 11.7. The van der Waals surface area contributed by atoms with Crippen molar-refractivity contribution in [1.82, 2.24) is 19.7 Å². The van der Waals surface area contributed by atoms with Gasteiger partial charge >= 0.3 is 5.97 Å². The molecule has 2 aliphatic heterocycles. The quantitative estimate of drug-likeness (QED) is 0.582. The minimum Gasteiger partial charge on any atom is -0.468 e. The van der Waals surface area contributed by atoms with Crippen LogP contribution in [0.3, 0.4) is 0 Å². The summed E-state index contributed by atoms with van der Waals surface area (Å²) in [6, 6.07) is 0. The lowest BCUT2D eigenvalue weighted by Gasteiger charge is -2.30. The van der Waals surface area contributed by atoms with Gasteiger partial charge in [0.1, 0.15) is 11.1 Å². The number of nitrogens with zero attached hydrogens (tertiary/aromatic N) is 4. The monoisotopic (exact) mass is 370 g/mol. The van der Waals surface area contributed by atoms with Crippen LogP contribution in [-0.2, 0) is 27.3 Å².